The zero-order valence-electron chi connectivity index (χ0n) is 6.98. The van der Waals surface area contributed by atoms with Crippen molar-refractivity contribution >= 4 is 27.5 Å². The summed E-state index contributed by atoms with van der Waals surface area (Å²) in [5.41, 5.74) is 0.101. The Morgan fingerprint density at radius 2 is 2.21 bits per heavy atom. The van der Waals surface area contributed by atoms with Crippen LogP contribution in [0.5, 0.6) is 0 Å². The summed E-state index contributed by atoms with van der Waals surface area (Å²) in [7, 11) is 0. The maximum absolute atomic E-state index is 12.6. The van der Waals surface area contributed by atoms with E-state index in [1.54, 1.807) is 0 Å². The lowest BCUT2D eigenvalue weighted by atomic mass is 10.1. The average molecular weight is 287 g/mol. The SMILES string of the molecule is OCc1cnc(CBr)c(C(F)F)c1Cl. The molecule has 14 heavy (non-hydrogen) atoms. The second-order valence-corrected chi connectivity index (χ2v) is 3.49. The van der Waals surface area contributed by atoms with Gasteiger partial charge in [-0.05, 0) is 0 Å². The van der Waals surface area contributed by atoms with Crippen molar-refractivity contribution in [1.29, 1.82) is 0 Å². The van der Waals surface area contributed by atoms with Gasteiger partial charge in [0.15, 0.2) is 0 Å². The minimum atomic E-state index is -2.69. The molecule has 1 aromatic rings. The summed E-state index contributed by atoms with van der Waals surface area (Å²) in [4.78, 5) is 3.78. The van der Waals surface area contributed by atoms with Crippen molar-refractivity contribution in [2.75, 3.05) is 0 Å². The molecule has 0 aliphatic carbocycles. The van der Waals surface area contributed by atoms with Crippen LogP contribution in [0.25, 0.3) is 0 Å². The van der Waals surface area contributed by atoms with E-state index in [0.717, 1.165) is 0 Å². The van der Waals surface area contributed by atoms with E-state index >= 15 is 0 Å². The normalized spacial score (nSPS) is 11.0. The van der Waals surface area contributed by atoms with Crippen LogP contribution in [0.4, 0.5) is 8.78 Å². The summed E-state index contributed by atoms with van der Waals surface area (Å²) >= 11 is 8.73. The van der Waals surface area contributed by atoms with Crippen LogP contribution in [-0.2, 0) is 11.9 Å². The fraction of sp³-hybridized carbons (Fsp3) is 0.375. The van der Waals surface area contributed by atoms with Gasteiger partial charge in [0.2, 0.25) is 0 Å². The third-order valence-electron chi connectivity index (χ3n) is 1.72. The second kappa shape index (κ2) is 5.00. The van der Waals surface area contributed by atoms with E-state index in [1.165, 1.54) is 6.20 Å². The number of aliphatic hydroxyl groups excluding tert-OH is 1. The van der Waals surface area contributed by atoms with Crippen molar-refractivity contribution in [2.45, 2.75) is 18.4 Å². The minimum absolute atomic E-state index is 0.105. The van der Waals surface area contributed by atoms with Gasteiger partial charge in [-0.1, -0.05) is 27.5 Å². The van der Waals surface area contributed by atoms with Crippen molar-refractivity contribution in [3.8, 4) is 0 Å². The maximum atomic E-state index is 12.6. The van der Waals surface area contributed by atoms with Gasteiger partial charge in [0.1, 0.15) is 0 Å². The summed E-state index contributed by atoms with van der Waals surface area (Å²) in [6, 6.07) is 0. The van der Waals surface area contributed by atoms with Crippen LogP contribution in [0, 0.1) is 0 Å². The Labute approximate surface area is 93.0 Å². The number of pyridine rings is 1. The molecule has 0 saturated heterocycles. The standard InChI is InChI=1S/C8H7BrClF2NO/c9-1-5-6(8(11)12)7(10)4(3-14)2-13-5/h2,8,14H,1,3H2. The molecule has 2 nitrogen and oxygen atoms in total. The first-order chi connectivity index (χ1) is 6.61. The van der Waals surface area contributed by atoms with E-state index in [0.29, 0.717) is 0 Å². The molecule has 0 aromatic carbocycles. The Kier molecular flexibility index (Phi) is 4.22. The molecule has 1 N–H and O–H groups in total. The highest BCUT2D eigenvalue weighted by Crippen LogP contribution is 2.32. The lowest BCUT2D eigenvalue weighted by molar-refractivity contribution is 0.149. The molecular weight excluding hydrogens is 279 g/mol. The van der Waals surface area contributed by atoms with E-state index in [-0.39, 0.29) is 27.2 Å². The van der Waals surface area contributed by atoms with Gasteiger partial charge in [0.25, 0.3) is 6.43 Å². The third kappa shape index (κ3) is 2.21. The summed E-state index contributed by atoms with van der Waals surface area (Å²) in [6.45, 7) is -0.395. The molecule has 0 bridgehead atoms. The predicted octanol–water partition coefficient (Wildman–Crippen LogP) is 3.06. The topological polar surface area (TPSA) is 33.1 Å². The Morgan fingerprint density at radius 1 is 1.57 bits per heavy atom. The highest BCUT2D eigenvalue weighted by molar-refractivity contribution is 9.08. The molecule has 0 aliphatic rings. The number of halogens is 4. The van der Waals surface area contributed by atoms with E-state index in [1.807, 2.05) is 0 Å². The van der Waals surface area contributed by atoms with Gasteiger partial charge in [0, 0.05) is 17.1 Å². The Balaban J connectivity index is 3.31. The van der Waals surface area contributed by atoms with Gasteiger partial charge in [-0.15, -0.1) is 0 Å². The van der Waals surface area contributed by atoms with Crippen molar-refractivity contribution in [3.63, 3.8) is 0 Å². The molecule has 0 radical (unpaired) electrons. The summed E-state index contributed by atoms with van der Waals surface area (Å²) in [6.07, 6.45) is -1.39. The Bertz CT molecular complexity index is 335. The number of nitrogens with zero attached hydrogens (tertiary/aromatic N) is 1. The zero-order chi connectivity index (χ0) is 10.7. The lowest BCUT2D eigenvalue weighted by Gasteiger charge is -2.10. The highest BCUT2D eigenvalue weighted by atomic mass is 79.9. The number of alkyl halides is 3. The Hall–Kier alpha value is -0.260. The number of aliphatic hydroxyl groups is 1. The van der Waals surface area contributed by atoms with E-state index in [9.17, 15) is 8.78 Å². The van der Waals surface area contributed by atoms with Gasteiger partial charge < -0.3 is 5.11 Å². The molecule has 0 saturated carbocycles. The first kappa shape index (κ1) is 11.8. The number of hydrogen-bond acceptors (Lipinski definition) is 2. The Morgan fingerprint density at radius 3 is 2.64 bits per heavy atom. The van der Waals surface area contributed by atoms with Gasteiger partial charge in [-0.2, -0.15) is 0 Å². The number of hydrogen-bond donors (Lipinski definition) is 1. The fourth-order valence-electron chi connectivity index (χ4n) is 1.02. The molecule has 1 rings (SSSR count). The molecule has 0 atom stereocenters. The van der Waals surface area contributed by atoms with Crippen molar-refractivity contribution < 1.29 is 13.9 Å². The molecule has 0 aliphatic heterocycles. The van der Waals surface area contributed by atoms with Gasteiger partial charge in [-0.25, -0.2) is 8.78 Å². The van der Waals surface area contributed by atoms with E-state index in [4.69, 9.17) is 16.7 Å². The molecule has 1 heterocycles. The molecule has 0 unspecified atom stereocenters. The molecule has 0 fully saturated rings. The van der Waals surface area contributed by atoms with Crippen LogP contribution >= 0.6 is 27.5 Å². The summed E-state index contributed by atoms with van der Waals surface area (Å²) in [5, 5.41) is 8.91. The molecule has 6 heteroatoms. The molecule has 78 valence electrons. The molecule has 1 aromatic heterocycles. The largest absolute Gasteiger partial charge is 0.392 e. The molecule has 0 spiro atoms. The maximum Gasteiger partial charge on any atom is 0.267 e. The van der Waals surface area contributed by atoms with Crippen LogP contribution < -0.4 is 0 Å². The van der Waals surface area contributed by atoms with Crippen LogP contribution in [0.2, 0.25) is 5.02 Å². The van der Waals surface area contributed by atoms with Crippen molar-refractivity contribution in [1.82, 2.24) is 4.98 Å². The van der Waals surface area contributed by atoms with Crippen LogP contribution in [-0.4, -0.2) is 10.1 Å². The highest BCUT2D eigenvalue weighted by Gasteiger charge is 2.20. The quantitative estimate of drug-likeness (QED) is 0.866. The lowest BCUT2D eigenvalue weighted by Crippen LogP contribution is -2.01. The van der Waals surface area contributed by atoms with Gasteiger partial charge in [-0.3, -0.25) is 4.98 Å². The van der Waals surface area contributed by atoms with Crippen LogP contribution in [0.15, 0.2) is 6.20 Å². The first-order valence-corrected chi connectivity index (χ1v) is 5.22. The van der Waals surface area contributed by atoms with Crippen molar-refractivity contribution in [2.24, 2.45) is 0 Å². The average Bonchev–Trinajstić information content (AvgIpc) is 2.16. The van der Waals surface area contributed by atoms with Crippen molar-refractivity contribution in [3.05, 3.63) is 28.0 Å². The monoisotopic (exact) mass is 285 g/mol. The van der Waals surface area contributed by atoms with Crippen LogP contribution in [0.1, 0.15) is 23.2 Å². The summed E-state index contributed by atoms with van der Waals surface area (Å²) in [5.74, 6) is 0. The number of rotatable bonds is 3. The smallest absolute Gasteiger partial charge is 0.267 e. The van der Waals surface area contributed by atoms with E-state index < -0.39 is 13.0 Å². The second-order valence-electron chi connectivity index (χ2n) is 2.55. The molecular formula is C8H7BrClF2NO. The minimum Gasteiger partial charge on any atom is -0.392 e. The van der Waals surface area contributed by atoms with Gasteiger partial charge >= 0.3 is 0 Å². The third-order valence-corrected chi connectivity index (χ3v) is 2.70. The van der Waals surface area contributed by atoms with E-state index in [2.05, 4.69) is 20.9 Å². The van der Waals surface area contributed by atoms with Crippen LogP contribution in [0.3, 0.4) is 0 Å². The predicted molar refractivity (Wildman–Crippen MR) is 52.8 cm³/mol. The zero-order valence-corrected chi connectivity index (χ0v) is 9.32. The fourth-order valence-corrected chi connectivity index (χ4v) is 1.77. The summed E-state index contributed by atoms with van der Waals surface area (Å²) < 4.78 is 25.1. The number of aromatic nitrogens is 1. The van der Waals surface area contributed by atoms with Gasteiger partial charge in [0.05, 0.1) is 22.9 Å². The molecule has 0 amide bonds. The first-order valence-electron chi connectivity index (χ1n) is 3.73.